The van der Waals surface area contributed by atoms with E-state index < -0.39 is 27.9 Å². The Morgan fingerprint density at radius 1 is 0.933 bits per heavy atom. The Bertz CT molecular complexity index is 216. The first-order chi connectivity index (χ1) is 6.21. The van der Waals surface area contributed by atoms with Crippen LogP contribution in [0.2, 0.25) is 39.3 Å². The van der Waals surface area contributed by atoms with Gasteiger partial charge in [0.2, 0.25) is 0 Å². The molecule has 15 heavy (non-hydrogen) atoms. The number of halogens is 3. The topological polar surface area (TPSA) is 35.2 Å². The van der Waals surface area contributed by atoms with Crippen molar-refractivity contribution < 1.29 is 17.6 Å². The summed E-state index contributed by atoms with van der Waals surface area (Å²) in [5.41, 5.74) is 5.49. The maximum Gasteiger partial charge on any atom is 0.426 e. The van der Waals surface area contributed by atoms with Gasteiger partial charge < -0.3 is 4.43 Å². The molecule has 0 radical (unpaired) electrons. The lowest BCUT2D eigenvalue weighted by Gasteiger charge is -2.44. The van der Waals surface area contributed by atoms with Crippen LogP contribution in [0.15, 0.2) is 0 Å². The van der Waals surface area contributed by atoms with Crippen molar-refractivity contribution in [2.45, 2.75) is 50.8 Å². The molecule has 0 aromatic rings. The number of hydrogen-bond donors (Lipinski definition) is 1. The van der Waals surface area contributed by atoms with Crippen molar-refractivity contribution in [3.8, 4) is 0 Å². The van der Waals surface area contributed by atoms with Crippen molar-refractivity contribution in [2.24, 2.45) is 5.73 Å². The molecule has 0 aromatic carbocycles. The highest BCUT2D eigenvalue weighted by Crippen LogP contribution is 2.38. The normalized spacial score (nSPS) is 18.8. The van der Waals surface area contributed by atoms with Crippen molar-refractivity contribution in [1.29, 1.82) is 0 Å². The molecule has 0 aromatic heterocycles. The van der Waals surface area contributed by atoms with Gasteiger partial charge in [0, 0.05) is 0 Å². The highest BCUT2D eigenvalue weighted by Gasteiger charge is 2.62. The fourth-order valence-electron chi connectivity index (χ4n) is 1.12. The van der Waals surface area contributed by atoms with Gasteiger partial charge in [-0.3, -0.25) is 5.73 Å². The molecule has 2 N–H and O–H groups in total. The van der Waals surface area contributed by atoms with Crippen LogP contribution in [0.1, 0.15) is 0 Å². The summed E-state index contributed by atoms with van der Waals surface area (Å²) in [4.78, 5) is 0. The van der Waals surface area contributed by atoms with Gasteiger partial charge in [0.05, 0.1) is 0 Å². The van der Waals surface area contributed by atoms with Crippen LogP contribution < -0.4 is 5.73 Å². The zero-order valence-corrected chi connectivity index (χ0v) is 12.1. The molecule has 0 bridgehead atoms. The molecule has 0 heterocycles. The van der Waals surface area contributed by atoms with Crippen LogP contribution in [0.25, 0.3) is 0 Å². The van der Waals surface area contributed by atoms with Crippen LogP contribution in [0, 0.1) is 0 Å². The highest BCUT2D eigenvalue weighted by molar-refractivity contribution is 6.80. The molecule has 0 aliphatic heterocycles. The number of hydrogen-bond acceptors (Lipinski definition) is 2. The number of rotatable bonds is 3. The van der Waals surface area contributed by atoms with Crippen LogP contribution in [0.5, 0.6) is 0 Å². The van der Waals surface area contributed by atoms with Gasteiger partial charge in [0.15, 0.2) is 13.7 Å². The second kappa shape index (κ2) is 3.86. The number of nitrogens with two attached hydrogens (primary N) is 1. The minimum absolute atomic E-state index is 1.57. The van der Waals surface area contributed by atoms with Crippen LogP contribution in [0.4, 0.5) is 13.2 Å². The van der Waals surface area contributed by atoms with E-state index in [1.165, 1.54) is 0 Å². The summed E-state index contributed by atoms with van der Waals surface area (Å²) in [5, 5.41) is -2.44. The molecule has 7 heteroatoms. The zero-order valence-electron chi connectivity index (χ0n) is 10.1. The van der Waals surface area contributed by atoms with Gasteiger partial charge in [-0.1, -0.05) is 19.6 Å². The summed E-state index contributed by atoms with van der Waals surface area (Å²) in [6.07, 6.45) is -4.50. The molecule has 1 atom stereocenters. The standard InChI is InChI=1S/C8H20F3NOSi2/c1-14(2,3)8(12,7(9,10)11)13-15(4,5)6/h12H2,1-6H3. The quantitative estimate of drug-likeness (QED) is 0.625. The smallest absolute Gasteiger partial charge is 0.396 e. The third-order valence-corrected chi connectivity index (χ3v) is 5.75. The molecular formula is C8H20F3NOSi2. The Kier molecular flexibility index (Phi) is 3.90. The van der Waals surface area contributed by atoms with E-state index in [1.807, 2.05) is 0 Å². The SMILES string of the molecule is C[Si](C)(C)OC(N)(C(F)(F)F)[Si](C)(C)C. The average Bonchev–Trinajstić information content (AvgIpc) is 1.77. The second-order valence-electron chi connectivity index (χ2n) is 5.70. The summed E-state index contributed by atoms with van der Waals surface area (Å²) in [7, 11) is -5.01. The zero-order chi connectivity index (χ0) is 12.7. The van der Waals surface area contributed by atoms with Crippen molar-refractivity contribution in [3.63, 3.8) is 0 Å². The molecule has 1 unspecified atom stereocenters. The average molecular weight is 259 g/mol. The van der Waals surface area contributed by atoms with E-state index in [4.69, 9.17) is 10.2 Å². The first-order valence-electron chi connectivity index (χ1n) is 4.76. The van der Waals surface area contributed by atoms with Crippen molar-refractivity contribution in [2.75, 3.05) is 0 Å². The molecule has 0 saturated carbocycles. The fourth-order valence-corrected chi connectivity index (χ4v) is 5.19. The van der Waals surface area contributed by atoms with Crippen LogP contribution in [-0.4, -0.2) is 27.9 Å². The summed E-state index contributed by atoms with van der Waals surface area (Å²) in [5.74, 6) is 0. The van der Waals surface area contributed by atoms with Gasteiger partial charge in [0.1, 0.15) is 8.07 Å². The van der Waals surface area contributed by atoms with Gasteiger partial charge in [0.25, 0.3) is 0 Å². The minimum atomic E-state index is -4.50. The van der Waals surface area contributed by atoms with Crippen LogP contribution in [-0.2, 0) is 4.43 Å². The summed E-state index contributed by atoms with van der Waals surface area (Å²) < 4.78 is 44.0. The van der Waals surface area contributed by atoms with E-state index in [9.17, 15) is 13.2 Å². The van der Waals surface area contributed by atoms with E-state index in [1.54, 1.807) is 39.3 Å². The van der Waals surface area contributed by atoms with Crippen molar-refractivity contribution >= 4 is 16.4 Å². The minimum Gasteiger partial charge on any atom is -0.396 e. The largest absolute Gasteiger partial charge is 0.426 e. The van der Waals surface area contributed by atoms with Gasteiger partial charge in [-0.15, -0.1) is 0 Å². The predicted octanol–water partition coefficient (Wildman–Crippen LogP) is 2.93. The van der Waals surface area contributed by atoms with E-state index in [-0.39, 0.29) is 0 Å². The van der Waals surface area contributed by atoms with Gasteiger partial charge in [-0.25, -0.2) is 0 Å². The lowest BCUT2D eigenvalue weighted by Crippen LogP contribution is -2.72. The Morgan fingerprint density at radius 2 is 1.27 bits per heavy atom. The predicted molar refractivity (Wildman–Crippen MR) is 60.8 cm³/mol. The van der Waals surface area contributed by atoms with Crippen molar-refractivity contribution in [1.82, 2.24) is 0 Å². The molecule has 0 fully saturated rings. The summed E-state index contributed by atoms with van der Waals surface area (Å²) in [6.45, 7) is 9.84. The number of alkyl halides is 3. The molecule has 0 spiro atoms. The Labute approximate surface area is 91.1 Å². The fraction of sp³-hybridized carbons (Fsp3) is 1.00. The van der Waals surface area contributed by atoms with Gasteiger partial charge >= 0.3 is 6.18 Å². The second-order valence-corrected chi connectivity index (χ2v) is 15.4. The molecular weight excluding hydrogens is 239 g/mol. The molecule has 2 nitrogen and oxygen atoms in total. The van der Waals surface area contributed by atoms with Gasteiger partial charge in [-0.05, 0) is 19.6 Å². The van der Waals surface area contributed by atoms with E-state index in [0.717, 1.165) is 0 Å². The monoisotopic (exact) mass is 259 g/mol. The third kappa shape index (κ3) is 3.58. The van der Waals surface area contributed by atoms with E-state index in [2.05, 4.69) is 0 Å². The summed E-state index contributed by atoms with van der Waals surface area (Å²) in [6, 6.07) is 0. The third-order valence-electron chi connectivity index (χ3n) is 2.00. The van der Waals surface area contributed by atoms with Gasteiger partial charge in [-0.2, -0.15) is 13.2 Å². The Morgan fingerprint density at radius 3 is 1.33 bits per heavy atom. The first-order valence-corrected chi connectivity index (χ1v) is 11.7. The molecule has 0 aliphatic rings. The van der Waals surface area contributed by atoms with Crippen molar-refractivity contribution in [3.05, 3.63) is 0 Å². The highest BCUT2D eigenvalue weighted by atomic mass is 28.4. The molecule has 0 aliphatic carbocycles. The lowest BCUT2D eigenvalue weighted by atomic mass is 10.6. The Hall–Kier alpha value is 0.144. The maximum absolute atomic E-state index is 12.9. The Balaban J connectivity index is 5.26. The lowest BCUT2D eigenvalue weighted by molar-refractivity contribution is -0.219. The van der Waals surface area contributed by atoms with Crippen LogP contribution in [0.3, 0.4) is 0 Å². The summed E-state index contributed by atoms with van der Waals surface area (Å²) >= 11 is 0. The molecule has 92 valence electrons. The molecule has 0 amide bonds. The molecule has 0 saturated heterocycles. The first kappa shape index (κ1) is 15.1. The van der Waals surface area contributed by atoms with Crippen LogP contribution >= 0.6 is 0 Å². The van der Waals surface area contributed by atoms with E-state index in [0.29, 0.717) is 0 Å². The maximum atomic E-state index is 12.9. The molecule has 0 rings (SSSR count). The van der Waals surface area contributed by atoms with E-state index >= 15 is 0 Å².